The van der Waals surface area contributed by atoms with Crippen LogP contribution in [0.15, 0.2) is 18.2 Å². The minimum atomic E-state index is 0.719. The molecule has 0 bridgehead atoms. The van der Waals surface area contributed by atoms with Crippen molar-refractivity contribution in [2.24, 2.45) is 5.73 Å². The molecule has 4 nitrogen and oxygen atoms in total. The van der Waals surface area contributed by atoms with Gasteiger partial charge in [-0.1, -0.05) is 13.0 Å². The van der Waals surface area contributed by atoms with Gasteiger partial charge >= 0.3 is 0 Å². The van der Waals surface area contributed by atoms with Gasteiger partial charge in [-0.2, -0.15) is 0 Å². The number of aromatic nitrogens is 2. The summed E-state index contributed by atoms with van der Waals surface area (Å²) in [7, 11) is 4.21. The Morgan fingerprint density at radius 1 is 1.30 bits per heavy atom. The van der Waals surface area contributed by atoms with E-state index >= 15 is 0 Å². The molecule has 4 heteroatoms. The van der Waals surface area contributed by atoms with E-state index in [4.69, 9.17) is 10.7 Å². The predicted octanol–water partition coefficient (Wildman–Crippen LogP) is 2.05. The lowest BCUT2D eigenvalue weighted by Crippen LogP contribution is -2.19. The van der Waals surface area contributed by atoms with E-state index in [1.54, 1.807) is 0 Å². The number of nitrogens with zero attached hydrogens (tertiary/aromatic N) is 3. The smallest absolute Gasteiger partial charge is 0.109 e. The molecule has 110 valence electrons. The van der Waals surface area contributed by atoms with E-state index in [0.717, 1.165) is 44.4 Å². The van der Waals surface area contributed by atoms with E-state index < -0.39 is 0 Å². The van der Waals surface area contributed by atoms with Gasteiger partial charge in [0.2, 0.25) is 0 Å². The largest absolute Gasteiger partial charge is 0.330 e. The van der Waals surface area contributed by atoms with Crippen molar-refractivity contribution >= 4 is 11.0 Å². The van der Waals surface area contributed by atoms with Crippen LogP contribution in [0.4, 0.5) is 0 Å². The molecule has 0 aliphatic heterocycles. The second-order valence-corrected chi connectivity index (χ2v) is 5.55. The van der Waals surface area contributed by atoms with Gasteiger partial charge in [-0.25, -0.2) is 4.98 Å². The average Bonchev–Trinajstić information content (AvgIpc) is 2.79. The zero-order valence-corrected chi connectivity index (χ0v) is 12.9. The highest BCUT2D eigenvalue weighted by Crippen LogP contribution is 2.19. The molecule has 2 aromatic rings. The zero-order valence-electron chi connectivity index (χ0n) is 12.9. The van der Waals surface area contributed by atoms with Gasteiger partial charge in [-0.15, -0.1) is 0 Å². The lowest BCUT2D eigenvalue weighted by Gasteiger charge is -2.13. The number of hydrogen-bond donors (Lipinski definition) is 1. The fourth-order valence-corrected chi connectivity index (χ4v) is 2.45. The summed E-state index contributed by atoms with van der Waals surface area (Å²) in [6, 6.07) is 6.64. The zero-order chi connectivity index (χ0) is 14.5. The average molecular weight is 274 g/mol. The van der Waals surface area contributed by atoms with Gasteiger partial charge in [0.15, 0.2) is 0 Å². The van der Waals surface area contributed by atoms with Gasteiger partial charge < -0.3 is 15.2 Å². The van der Waals surface area contributed by atoms with Gasteiger partial charge in [0, 0.05) is 19.5 Å². The summed E-state index contributed by atoms with van der Waals surface area (Å²) in [5.41, 5.74) is 9.36. The number of hydrogen-bond acceptors (Lipinski definition) is 3. The summed E-state index contributed by atoms with van der Waals surface area (Å²) >= 11 is 0. The highest BCUT2D eigenvalue weighted by Gasteiger charge is 2.10. The SMILES string of the molecule is CCc1ccc2c(c1)nc(CCCN)n2CCN(C)C. The van der Waals surface area contributed by atoms with Crippen LogP contribution in [0.1, 0.15) is 24.7 Å². The standard InChI is InChI=1S/C16H26N4/c1-4-13-7-8-15-14(12-13)18-16(6-5-9-17)20(15)11-10-19(2)3/h7-8,12H,4-6,9-11,17H2,1-3H3. The van der Waals surface area contributed by atoms with Crippen LogP contribution in [0, 0.1) is 0 Å². The second-order valence-electron chi connectivity index (χ2n) is 5.55. The highest BCUT2D eigenvalue weighted by molar-refractivity contribution is 5.77. The third-order valence-electron chi connectivity index (χ3n) is 3.68. The first-order chi connectivity index (χ1) is 9.65. The Labute approximate surface area is 121 Å². The van der Waals surface area contributed by atoms with Crippen LogP contribution in [0.3, 0.4) is 0 Å². The van der Waals surface area contributed by atoms with Crippen LogP contribution in [-0.4, -0.2) is 41.6 Å². The van der Waals surface area contributed by atoms with Crippen molar-refractivity contribution in [1.82, 2.24) is 14.5 Å². The van der Waals surface area contributed by atoms with E-state index in [1.807, 2.05) is 0 Å². The highest BCUT2D eigenvalue weighted by atomic mass is 15.1. The Morgan fingerprint density at radius 3 is 2.75 bits per heavy atom. The maximum Gasteiger partial charge on any atom is 0.109 e. The third-order valence-corrected chi connectivity index (χ3v) is 3.68. The Morgan fingerprint density at radius 2 is 2.10 bits per heavy atom. The lowest BCUT2D eigenvalue weighted by atomic mass is 10.1. The number of fused-ring (bicyclic) bond motifs is 1. The van der Waals surface area contributed by atoms with Crippen molar-refractivity contribution in [3.63, 3.8) is 0 Å². The van der Waals surface area contributed by atoms with E-state index in [0.29, 0.717) is 0 Å². The molecule has 20 heavy (non-hydrogen) atoms. The molecule has 0 aliphatic rings. The summed E-state index contributed by atoms with van der Waals surface area (Å²) in [5.74, 6) is 1.17. The number of rotatable bonds is 7. The van der Waals surface area contributed by atoms with Gasteiger partial charge in [-0.3, -0.25) is 0 Å². The van der Waals surface area contributed by atoms with Gasteiger partial charge in [0.25, 0.3) is 0 Å². The van der Waals surface area contributed by atoms with Gasteiger partial charge in [0.1, 0.15) is 5.82 Å². The summed E-state index contributed by atoms with van der Waals surface area (Å²) < 4.78 is 2.35. The maximum atomic E-state index is 5.64. The van der Waals surface area contributed by atoms with Crippen molar-refractivity contribution in [3.05, 3.63) is 29.6 Å². The molecule has 2 N–H and O–H groups in total. The minimum absolute atomic E-state index is 0.719. The molecule has 0 amide bonds. The Bertz CT molecular complexity index is 557. The quantitative estimate of drug-likeness (QED) is 0.840. The molecular formula is C16H26N4. The first kappa shape index (κ1) is 15.0. The summed E-state index contributed by atoms with van der Waals surface area (Å²) in [6.45, 7) is 4.90. The molecule has 2 rings (SSSR count). The molecule has 0 saturated carbocycles. The molecule has 0 unspecified atom stereocenters. The molecule has 0 saturated heterocycles. The second kappa shape index (κ2) is 6.86. The lowest BCUT2D eigenvalue weighted by molar-refractivity contribution is 0.383. The molecule has 1 aromatic heterocycles. The number of nitrogens with two attached hydrogens (primary N) is 1. The molecule has 0 atom stereocenters. The Hall–Kier alpha value is -1.39. The number of benzene rings is 1. The molecular weight excluding hydrogens is 248 g/mol. The first-order valence-corrected chi connectivity index (χ1v) is 7.48. The van der Waals surface area contributed by atoms with Crippen molar-refractivity contribution in [3.8, 4) is 0 Å². The van der Waals surface area contributed by atoms with E-state index in [-0.39, 0.29) is 0 Å². The Kier molecular flexibility index (Phi) is 5.15. The molecule has 1 heterocycles. The van der Waals surface area contributed by atoms with E-state index in [9.17, 15) is 0 Å². The summed E-state index contributed by atoms with van der Waals surface area (Å²) in [6.07, 6.45) is 3.00. The maximum absolute atomic E-state index is 5.64. The fourth-order valence-electron chi connectivity index (χ4n) is 2.45. The van der Waals surface area contributed by atoms with Crippen molar-refractivity contribution < 1.29 is 0 Å². The van der Waals surface area contributed by atoms with Crippen LogP contribution in [0.2, 0.25) is 0 Å². The van der Waals surface area contributed by atoms with E-state index in [1.165, 1.54) is 16.9 Å². The third kappa shape index (κ3) is 3.38. The minimum Gasteiger partial charge on any atom is -0.330 e. The molecule has 0 aliphatic carbocycles. The first-order valence-electron chi connectivity index (χ1n) is 7.48. The van der Waals surface area contributed by atoms with Crippen LogP contribution in [-0.2, 0) is 19.4 Å². The van der Waals surface area contributed by atoms with Gasteiger partial charge in [-0.05, 0) is 51.2 Å². The molecule has 1 aromatic carbocycles. The number of aryl methyl sites for hydroxylation is 2. The monoisotopic (exact) mass is 274 g/mol. The van der Waals surface area contributed by atoms with Crippen LogP contribution >= 0.6 is 0 Å². The van der Waals surface area contributed by atoms with Crippen molar-refractivity contribution in [2.45, 2.75) is 32.7 Å². The van der Waals surface area contributed by atoms with Crippen LogP contribution < -0.4 is 5.73 Å². The van der Waals surface area contributed by atoms with Crippen molar-refractivity contribution in [1.29, 1.82) is 0 Å². The predicted molar refractivity (Wildman–Crippen MR) is 85.0 cm³/mol. The number of imidazole rings is 1. The van der Waals surface area contributed by atoms with Crippen LogP contribution in [0.25, 0.3) is 11.0 Å². The molecule has 0 fully saturated rings. The van der Waals surface area contributed by atoms with Crippen LogP contribution in [0.5, 0.6) is 0 Å². The molecule has 0 radical (unpaired) electrons. The van der Waals surface area contributed by atoms with Gasteiger partial charge in [0.05, 0.1) is 11.0 Å². The topological polar surface area (TPSA) is 47.1 Å². The van der Waals surface area contributed by atoms with Crippen molar-refractivity contribution in [2.75, 3.05) is 27.2 Å². The van der Waals surface area contributed by atoms with E-state index in [2.05, 4.69) is 48.7 Å². The summed E-state index contributed by atoms with van der Waals surface area (Å²) in [5, 5.41) is 0. The number of likely N-dealkylation sites (N-methyl/N-ethyl adjacent to an activating group) is 1. The summed E-state index contributed by atoms with van der Waals surface area (Å²) in [4.78, 5) is 7.03. The fraction of sp³-hybridized carbons (Fsp3) is 0.562. The Balaban J connectivity index is 2.37. The normalized spacial score (nSPS) is 11.7. The molecule has 0 spiro atoms.